The largest absolute Gasteiger partial charge is 0.346 e. The molecule has 0 radical (unpaired) electrons. The van der Waals surface area contributed by atoms with E-state index in [9.17, 15) is 4.79 Å². The molecule has 0 aromatic carbocycles. The molecule has 1 aromatic heterocycles. The lowest BCUT2D eigenvalue weighted by Gasteiger charge is -2.38. The molecule has 4 nitrogen and oxygen atoms in total. The minimum absolute atomic E-state index is 0.0335. The average Bonchev–Trinajstić information content (AvgIpc) is 3.19. The van der Waals surface area contributed by atoms with Gasteiger partial charge in [0.15, 0.2) is 0 Å². The molecule has 22 heavy (non-hydrogen) atoms. The Kier molecular flexibility index (Phi) is 4.48. The summed E-state index contributed by atoms with van der Waals surface area (Å²) in [5.74, 6) is 0.212. The fourth-order valence-corrected chi connectivity index (χ4v) is 4.14. The van der Waals surface area contributed by atoms with E-state index in [-0.39, 0.29) is 17.5 Å². The lowest BCUT2D eigenvalue weighted by molar-refractivity contribution is -0.133. The van der Waals surface area contributed by atoms with Gasteiger partial charge in [0, 0.05) is 6.20 Å². The van der Waals surface area contributed by atoms with Crippen LogP contribution in [0, 0.1) is 6.92 Å². The second kappa shape index (κ2) is 6.37. The number of rotatable bonds is 4. The molecule has 0 bridgehead atoms. The number of nitrogens with one attached hydrogen (secondary N) is 1. The van der Waals surface area contributed by atoms with Crippen molar-refractivity contribution in [3.8, 4) is 0 Å². The van der Waals surface area contributed by atoms with E-state index in [1.807, 2.05) is 13.0 Å². The molecule has 0 spiro atoms. The van der Waals surface area contributed by atoms with Gasteiger partial charge in [-0.3, -0.25) is 14.7 Å². The topological polar surface area (TPSA) is 45.2 Å². The normalized spacial score (nSPS) is 22.6. The SMILES string of the molecule is Cc1cccnc1C(C)NC(=O)C1(N2CCCC2)CCCC1. The van der Waals surface area contributed by atoms with E-state index in [0.29, 0.717) is 0 Å². The quantitative estimate of drug-likeness (QED) is 0.930. The van der Waals surface area contributed by atoms with Gasteiger partial charge >= 0.3 is 0 Å². The van der Waals surface area contributed by atoms with Gasteiger partial charge in [0.2, 0.25) is 5.91 Å². The molecule has 2 heterocycles. The Morgan fingerprint density at radius 3 is 2.59 bits per heavy atom. The number of aryl methyl sites for hydroxylation is 1. The molecule has 4 heteroatoms. The Labute approximate surface area is 133 Å². The molecule has 1 unspecified atom stereocenters. The van der Waals surface area contributed by atoms with E-state index in [1.165, 1.54) is 25.7 Å². The van der Waals surface area contributed by atoms with E-state index in [4.69, 9.17) is 0 Å². The number of nitrogens with zero attached hydrogens (tertiary/aromatic N) is 2. The van der Waals surface area contributed by atoms with Gasteiger partial charge in [-0.2, -0.15) is 0 Å². The van der Waals surface area contributed by atoms with Crippen LogP contribution in [-0.4, -0.2) is 34.4 Å². The lowest BCUT2D eigenvalue weighted by Crippen LogP contribution is -2.56. The molecule has 1 aliphatic heterocycles. The molecule has 1 aliphatic carbocycles. The van der Waals surface area contributed by atoms with Crippen molar-refractivity contribution in [2.75, 3.05) is 13.1 Å². The summed E-state index contributed by atoms with van der Waals surface area (Å²) in [4.78, 5) is 20.0. The number of carbonyl (C=O) groups excluding carboxylic acids is 1. The van der Waals surface area contributed by atoms with E-state index in [2.05, 4.69) is 28.2 Å². The summed E-state index contributed by atoms with van der Waals surface area (Å²) in [5.41, 5.74) is 1.86. The molecule has 1 atom stereocenters. The molecular formula is C18H27N3O. The number of aromatic nitrogens is 1. The summed E-state index contributed by atoms with van der Waals surface area (Å²) in [6, 6.07) is 3.96. The fourth-order valence-electron chi connectivity index (χ4n) is 4.14. The van der Waals surface area contributed by atoms with Crippen LogP contribution in [0.5, 0.6) is 0 Å². The zero-order chi connectivity index (χ0) is 15.6. The van der Waals surface area contributed by atoms with Gasteiger partial charge < -0.3 is 5.32 Å². The van der Waals surface area contributed by atoms with Crippen LogP contribution >= 0.6 is 0 Å². The summed E-state index contributed by atoms with van der Waals surface area (Å²) in [6.45, 7) is 6.24. The molecule has 3 rings (SSSR count). The van der Waals surface area contributed by atoms with Crippen LogP contribution in [0.3, 0.4) is 0 Å². The van der Waals surface area contributed by atoms with Crippen LogP contribution in [0.4, 0.5) is 0 Å². The standard InChI is InChI=1S/C18H27N3O/c1-14-8-7-11-19-16(14)15(2)20-17(22)18(9-3-4-10-18)21-12-5-6-13-21/h7-8,11,15H,3-6,9-10,12-13H2,1-2H3,(H,20,22). The highest BCUT2D eigenvalue weighted by Gasteiger charge is 2.47. The van der Waals surface area contributed by atoms with Crippen LogP contribution in [-0.2, 0) is 4.79 Å². The molecule has 1 saturated heterocycles. The van der Waals surface area contributed by atoms with Gasteiger partial charge in [-0.1, -0.05) is 18.9 Å². The van der Waals surface area contributed by atoms with Crippen molar-refractivity contribution in [2.45, 2.75) is 64.0 Å². The summed E-state index contributed by atoms with van der Waals surface area (Å²) in [5, 5.41) is 3.25. The van der Waals surface area contributed by atoms with Gasteiger partial charge in [-0.15, -0.1) is 0 Å². The maximum atomic E-state index is 13.1. The van der Waals surface area contributed by atoms with Crippen LogP contribution in [0.2, 0.25) is 0 Å². The third-order valence-corrected chi connectivity index (χ3v) is 5.37. The summed E-state index contributed by atoms with van der Waals surface area (Å²) in [7, 11) is 0. The first kappa shape index (κ1) is 15.5. The van der Waals surface area contributed by atoms with Crippen LogP contribution < -0.4 is 5.32 Å². The van der Waals surface area contributed by atoms with Gasteiger partial charge in [0.05, 0.1) is 11.7 Å². The molecule has 1 N–H and O–H groups in total. The zero-order valence-corrected chi connectivity index (χ0v) is 13.8. The van der Waals surface area contributed by atoms with Gasteiger partial charge in [0.1, 0.15) is 5.54 Å². The number of hydrogen-bond donors (Lipinski definition) is 1. The minimum Gasteiger partial charge on any atom is -0.346 e. The smallest absolute Gasteiger partial charge is 0.241 e. The number of amides is 1. The molecular weight excluding hydrogens is 274 g/mol. The van der Waals surface area contributed by atoms with E-state index < -0.39 is 0 Å². The maximum absolute atomic E-state index is 13.1. The molecule has 120 valence electrons. The monoisotopic (exact) mass is 301 g/mol. The molecule has 1 amide bonds. The first-order chi connectivity index (χ1) is 10.6. The summed E-state index contributed by atoms with van der Waals surface area (Å²) in [6.07, 6.45) is 8.60. The Balaban J connectivity index is 1.75. The Hall–Kier alpha value is -1.42. The fraction of sp³-hybridized carbons (Fsp3) is 0.667. The minimum atomic E-state index is -0.257. The Bertz CT molecular complexity index is 531. The maximum Gasteiger partial charge on any atom is 0.241 e. The van der Waals surface area contributed by atoms with Crippen LogP contribution in [0.1, 0.15) is 62.7 Å². The summed E-state index contributed by atoms with van der Waals surface area (Å²) >= 11 is 0. The van der Waals surface area contributed by atoms with Crippen molar-refractivity contribution in [3.05, 3.63) is 29.6 Å². The van der Waals surface area contributed by atoms with Gasteiger partial charge in [-0.05, 0) is 64.3 Å². The predicted molar refractivity (Wildman–Crippen MR) is 87.5 cm³/mol. The van der Waals surface area contributed by atoms with Crippen molar-refractivity contribution in [1.29, 1.82) is 0 Å². The number of likely N-dealkylation sites (tertiary alicyclic amines) is 1. The lowest BCUT2D eigenvalue weighted by atomic mass is 9.93. The molecule has 1 saturated carbocycles. The molecule has 1 aromatic rings. The Morgan fingerprint density at radius 1 is 1.27 bits per heavy atom. The summed E-state index contributed by atoms with van der Waals surface area (Å²) < 4.78 is 0. The van der Waals surface area contributed by atoms with E-state index in [1.54, 1.807) is 6.20 Å². The van der Waals surface area contributed by atoms with Crippen LogP contribution in [0.15, 0.2) is 18.3 Å². The van der Waals surface area contributed by atoms with Crippen molar-refractivity contribution in [3.63, 3.8) is 0 Å². The highest BCUT2D eigenvalue weighted by atomic mass is 16.2. The van der Waals surface area contributed by atoms with E-state index >= 15 is 0 Å². The number of hydrogen-bond acceptors (Lipinski definition) is 3. The Morgan fingerprint density at radius 2 is 1.95 bits per heavy atom. The predicted octanol–water partition coefficient (Wildman–Crippen LogP) is 2.98. The van der Waals surface area contributed by atoms with Crippen molar-refractivity contribution >= 4 is 5.91 Å². The number of pyridine rings is 1. The molecule has 2 aliphatic rings. The first-order valence-electron chi connectivity index (χ1n) is 8.61. The average molecular weight is 301 g/mol. The van der Waals surface area contributed by atoms with Crippen molar-refractivity contribution in [2.24, 2.45) is 0 Å². The van der Waals surface area contributed by atoms with Gasteiger partial charge in [0.25, 0.3) is 0 Å². The van der Waals surface area contributed by atoms with Crippen molar-refractivity contribution < 1.29 is 4.79 Å². The second-order valence-electron chi connectivity index (χ2n) is 6.83. The van der Waals surface area contributed by atoms with Crippen LogP contribution in [0.25, 0.3) is 0 Å². The van der Waals surface area contributed by atoms with Crippen molar-refractivity contribution in [1.82, 2.24) is 15.2 Å². The first-order valence-corrected chi connectivity index (χ1v) is 8.61. The van der Waals surface area contributed by atoms with E-state index in [0.717, 1.165) is 37.2 Å². The zero-order valence-electron chi connectivity index (χ0n) is 13.8. The second-order valence-corrected chi connectivity index (χ2v) is 6.83. The highest BCUT2D eigenvalue weighted by molar-refractivity contribution is 5.87. The van der Waals surface area contributed by atoms with Gasteiger partial charge in [-0.25, -0.2) is 0 Å². The molecule has 2 fully saturated rings. The number of carbonyl (C=O) groups is 1. The third kappa shape index (κ3) is 2.76. The third-order valence-electron chi connectivity index (χ3n) is 5.37. The highest BCUT2D eigenvalue weighted by Crippen LogP contribution is 2.38.